The molecule has 42 heavy (non-hydrogen) atoms. The SMILES string of the molecule is COc1cc(Nc2nc3ccccc3nc2N(c2cccc(NC(=O)CNCc3cccs3)c2)S(=O)[O-])cc(OC)c1. The number of carbonyl (C=O) groups is 1. The van der Waals surface area contributed by atoms with Crippen molar-refractivity contribution in [1.29, 1.82) is 0 Å². The van der Waals surface area contributed by atoms with Gasteiger partial charge in [-0.15, -0.1) is 11.3 Å². The normalized spacial score (nSPS) is 11.6. The summed E-state index contributed by atoms with van der Waals surface area (Å²) in [6.45, 7) is 0.664. The molecule has 1 atom stereocenters. The van der Waals surface area contributed by atoms with Crippen LogP contribution in [0.3, 0.4) is 0 Å². The lowest BCUT2D eigenvalue weighted by molar-refractivity contribution is -0.115. The number of methoxy groups -OCH3 is 2. The van der Waals surface area contributed by atoms with E-state index in [-0.39, 0.29) is 29.8 Å². The predicted octanol–water partition coefficient (Wildman–Crippen LogP) is 5.11. The van der Waals surface area contributed by atoms with Gasteiger partial charge in [-0.05, 0) is 41.8 Å². The van der Waals surface area contributed by atoms with Crippen LogP contribution in [0.25, 0.3) is 11.0 Å². The quantitative estimate of drug-likeness (QED) is 0.166. The van der Waals surface area contributed by atoms with E-state index >= 15 is 0 Å². The van der Waals surface area contributed by atoms with Crippen molar-refractivity contribution in [2.45, 2.75) is 6.54 Å². The van der Waals surface area contributed by atoms with Crippen molar-refractivity contribution >= 4 is 68.2 Å². The Morgan fingerprint density at radius 3 is 2.33 bits per heavy atom. The molecule has 5 aromatic rings. The fourth-order valence-electron chi connectivity index (χ4n) is 4.14. The Morgan fingerprint density at radius 2 is 1.67 bits per heavy atom. The molecule has 0 aliphatic rings. The van der Waals surface area contributed by atoms with Crippen molar-refractivity contribution in [3.63, 3.8) is 0 Å². The first-order valence-electron chi connectivity index (χ1n) is 12.7. The van der Waals surface area contributed by atoms with Crippen LogP contribution in [0.1, 0.15) is 4.88 Å². The second-order valence-corrected chi connectivity index (χ2v) is 10.7. The van der Waals surface area contributed by atoms with Crippen LogP contribution in [-0.2, 0) is 22.6 Å². The van der Waals surface area contributed by atoms with Crippen molar-refractivity contribution in [1.82, 2.24) is 15.3 Å². The molecule has 5 rings (SSSR count). The summed E-state index contributed by atoms with van der Waals surface area (Å²) in [5.41, 5.74) is 2.28. The standard InChI is InChI=1S/C29H28N6O5S2/c1-39-22-14-20(15-23(16-22)40-2)32-28-29(34-26-11-4-3-10-25(26)33-28)35(42(37)38)21-8-5-7-19(13-21)31-27(36)18-30-17-24-9-6-12-41-24/h3-16,30H,17-18H2,1-2H3,(H,31,36)(H,32,33)(H,37,38)/p-1. The zero-order chi connectivity index (χ0) is 29.5. The van der Waals surface area contributed by atoms with Crippen molar-refractivity contribution in [2.75, 3.05) is 35.7 Å². The van der Waals surface area contributed by atoms with E-state index in [4.69, 9.17) is 9.47 Å². The molecule has 3 N–H and O–H groups in total. The molecule has 0 aliphatic heterocycles. The van der Waals surface area contributed by atoms with Gasteiger partial charge in [0, 0.05) is 41.0 Å². The van der Waals surface area contributed by atoms with Gasteiger partial charge in [0.15, 0.2) is 11.6 Å². The van der Waals surface area contributed by atoms with Crippen LogP contribution in [-0.4, -0.2) is 45.4 Å². The van der Waals surface area contributed by atoms with Crippen molar-refractivity contribution < 1.29 is 23.0 Å². The fraction of sp³-hybridized carbons (Fsp3) is 0.138. The summed E-state index contributed by atoms with van der Waals surface area (Å²) in [6.07, 6.45) is 0. The Labute approximate surface area is 248 Å². The molecule has 216 valence electrons. The highest BCUT2D eigenvalue weighted by Gasteiger charge is 2.20. The molecule has 1 amide bonds. The van der Waals surface area contributed by atoms with E-state index in [1.54, 1.807) is 72.0 Å². The minimum absolute atomic E-state index is 0.0323. The zero-order valence-electron chi connectivity index (χ0n) is 22.7. The summed E-state index contributed by atoms with van der Waals surface area (Å²) in [4.78, 5) is 23.0. The van der Waals surface area contributed by atoms with E-state index in [2.05, 4.69) is 25.9 Å². The molecule has 0 saturated carbocycles. The summed E-state index contributed by atoms with van der Waals surface area (Å²) in [7, 11) is 3.07. The van der Waals surface area contributed by atoms with Gasteiger partial charge in [0.25, 0.3) is 0 Å². The molecular weight excluding hydrogens is 576 g/mol. The van der Waals surface area contributed by atoms with Gasteiger partial charge in [-0.2, -0.15) is 0 Å². The third-order valence-corrected chi connectivity index (χ3v) is 7.60. The van der Waals surface area contributed by atoms with Crippen LogP contribution in [0.15, 0.2) is 84.2 Å². The predicted molar refractivity (Wildman–Crippen MR) is 165 cm³/mol. The number of benzene rings is 3. The van der Waals surface area contributed by atoms with E-state index in [1.165, 1.54) is 14.2 Å². The number of fused-ring (bicyclic) bond motifs is 1. The van der Waals surface area contributed by atoms with E-state index < -0.39 is 11.3 Å². The Kier molecular flexibility index (Phi) is 9.24. The molecule has 0 fully saturated rings. The summed E-state index contributed by atoms with van der Waals surface area (Å²) in [5.74, 6) is 1.01. The average Bonchev–Trinajstić information content (AvgIpc) is 3.51. The number of hydrogen-bond acceptors (Lipinski definition) is 10. The Bertz CT molecular complexity index is 1690. The van der Waals surface area contributed by atoms with Crippen molar-refractivity contribution in [3.05, 3.63) is 89.1 Å². The molecule has 0 aliphatic carbocycles. The van der Waals surface area contributed by atoms with E-state index in [1.807, 2.05) is 23.6 Å². The first-order chi connectivity index (χ1) is 20.4. The minimum Gasteiger partial charge on any atom is -0.755 e. The maximum Gasteiger partial charge on any atom is 0.238 e. The maximum absolute atomic E-state index is 12.7. The molecular formula is C29H27N6O5S2-. The summed E-state index contributed by atoms with van der Waals surface area (Å²) in [6, 6.07) is 22.7. The second kappa shape index (κ2) is 13.4. The highest BCUT2D eigenvalue weighted by Crippen LogP contribution is 2.36. The number of rotatable bonds is 12. The molecule has 0 saturated heterocycles. The van der Waals surface area contributed by atoms with Gasteiger partial charge in [0.05, 0.1) is 48.8 Å². The molecule has 0 bridgehead atoms. The molecule has 0 radical (unpaired) electrons. The van der Waals surface area contributed by atoms with Gasteiger partial charge in [0.1, 0.15) is 11.5 Å². The van der Waals surface area contributed by atoms with Crippen LogP contribution in [0.4, 0.5) is 28.7 Å². The van der Waals surface area contributed by atoms with Crippen LogP contribution >= 0.6 is 11.3 Å². The molecule has 13 heteroatoms. The first-order valence-corrected chi connectivity index (χ1v) is 14.6. The highest BCUT2D eigenvalue weighted by molar-refractivity contribution is 7.81. The molecule has 2 heterocycles. The number of nitrogens with one attached hydrogen (secondary N) is 3. The van der Waals surface area contributed by atoms with Gasteiger partial charge in [-0.25, -0.2) is 9.97 Å². The largest absolute Gasteiger partial charge is 0.755 e. The number of para-hydroxylation sites is 2. The lowest BCUT2D eigenvalue weighted by Gasteiger charge is -2.27. The highest BCUT2D eigenvalue weighted by atomic mass is 32.2. The number of thiophene rings is 1. The lowest BCUT2D eigenvalue weighted by Crippen LogP contribution is -2.27. The Hall–Kier alpha value is -4.56. The van der Waals surface area contributed by atoms with Crippen molar-refractivity contribution in [2.24, 2.45) is 0 Å². The molecule has 3 aromatic carbocycles. The van der Waals surface area contributed by atoms with Crippen LogP contribution < -0.4 is 29.7 Å². The van der Waals surface area contributed by atoms with Gasteiger partial charge < -0.3 is 30.0 Å². The van der Waals surface area contributed by atoms with Gasteiger partial charge >= 0.3 is 0 Å². The number of ether oxygens (including phenoxy) is 2. The van der Waals surface area contributed by atoms with Crippen molar-refractivity contribution in [3.8, 4) is 11.5 Å². The summed E-state index contributed by atoms with van der Waals surface area (Å²) in [5, 5.41) is 11.1. The molecule has 1 unspecified atom stereocenters. The van der Waals surface area contributed by atoms with E-state index in [9.17, 15) is 13.6 Å². The summed E-state index contributed by atoms with van der Waals surface area (Å²) >= 11 is -1.20. The van der Waals surface area contributed by atoms with Gasteiger partial charge in [-0.1, -0.05) is 24.3 Å². The maximum atomic E-state index is 12.7. The van der Waals surface area contributed by atoms with Gasteiger partial charge in [-0.3, -0.25) is 13.3 Å². The van der Waals surface area contributed by atoms with E-state index in [0.717, 1.165) is 9.18 Å². The number of nitrogens with zero attached hydrogens (tertiary/aromatic N) is 3. The number of amides is 1. The van der Waals surface area contributed by atoms with E-state index in [0.29, 0.717) is 40.5 Å². The monoisotopic (exact) mass is 603 g/mol. The van der Waals surface area contributed by atoms with Gasteiger partial charge in [0.2, 0.25) is 5.91 Å². The summed E-state index contributed by atoms with van der Waals surface area (Å²) < 4.78 is 37.2. The zero-order valence-corrected chi connectivity index (χ0v) is 24.3. The average molecular weight is 604 g/mol. The lowest BCUT2D eigenvalue weighted by atomic mass is 10.2. The van der Waals surface area contributed by atoms with Crippen LogP contribution in [0.5, 0.6) is 11.5 Å². The number of aromatic nitrogens is 2. The smallest absolute Gasteiger partial charge is 0.238 e. The number of carbonyl (C=O) groups excluding carboxylic acids is 1. The topological polar surface area (TPSA) is 141 Å². The third kappa shape index (κ3) is 7.01. The second-order valence-electron chi connectivity index (χ2n) is 8.90. The Morgan fingerprint density at radius 1 is 0.929 bits per heavy atom. The van der Waals surface area contributed by atoms with Crippen LogP contribution in [0, 0.1) is 0 Å². The molecule has 2 aromatic heterocycles. The Balaban J connectivity index is 1.46. The number of anilines is 5. The fourth-order valence-corrected chi connectivity index (χ4v) is 5.37. The molecule has 0 spiro atoms. The third-order valence-electron chi connectivity index (χ3n) is 6.04. The molecule has 11 nitrogen and oxygen atoms in total. The number of hydrogen-bond donors (Lipinski definition) is 3. The first kappa shape index (κ1) is 29.0. The minimum atomic E-state index is -2.80. The van der Waals surface area contributed by atoms with Crippen LogP contribution in [0.2, 0.25) is 0 Å².